The molecular formula is C30H41N3O5S. The van der Waals surface area contributed by atoms with Crippen LogP contribution in [0.1, 0.15) is 36.8 Å². The van der Waals surface area contributed by atoms with E-state index in [2.05, 4.69) is 67.3 Å². The van der Waals surface area contributed by atoms with Crippen molar-refractivity contribution in [3.05, 3.63) is 71.8 Å². The Balaban J connectivity index is 0.000000580. The molecule has 9 heteroatoms. The lowest BCUT2D eigenvalue weighted by Gasteiger charge is -2.37. The van der Waals surface area contributed by atoms with E-state index in [0.717, 1.165) is 29.6 Å². The van der Waals surface area contributed by atoms with Crippen LogP contribution in [0.15, 0.2) is 65.7 Å². The summed E-state index contributed by atoms with van der Waals surface area (Å²) in [6.45, 7) is 8.58. The summed E-state index contributed by atoms with van der Waals surface area (Å²) in [7, 11) is 2.20. The minimum absolute atomic E-state index is 0.558. The molecule has 39 heavy (non-hydrogen) atoms. The summed E-state index contributed by atoms with van der Waals surface area (Å²) in [6, 6.07) is 17.2. The molecule has 0 aromatic heterocycles. The molecular weight excluding hydrogens is 514 g/mol. The van der Waals surface area contributed by atoms with Crippen molar-refractivity contribution in [2.45, 2.75) is 45.6 Å². The Morgan fingerprint density at radius 1 is 1.03 bits per heavy atom. The molecule has 1 aliphatic heterocycles. The number of para-hydroxylation sites is 1. The molecule has 0 atom stereocenters. The molecule has 2 aromatic carbocycles. The summed E-state index contributed by atoms with van der Waals surface area (Å²) in [4.78, 5) is 28.9. The maximum Gasteiger partial charge on any atom is 0.328 e. The van der Waals surface area contributed by atoms with E-state index >= 15 is 0 Å². The van der Waals surface area contributed by atoms with Crippen molar-refractivity contribution in [3.63, 3.8) is 0 Å². The number of thioether (sulfide) groups is 1. The molecule has 1 heterocycles. The Labute approximate surface area is 236 Å². The van der Waals surface area contributed by atoms with E-state index in [-0.39, 0.29) is 0 Å². The fourth-order valence-corrected chi connectivity index (χ4v) is 4.78. The Bertz CT molecular complexity index is 1080. The van der Waals surface area contributed by atoms with Gasteiger partial charge in [0.25, 0.3) is 0 Å². The van der Waals surface area contributed by atoms with E-state index in [4.69, 9.17) is 19.9 Å². The number of aliphatic imine (C=N–C) groups is 1. The number of aliphatic carboxylic acids is 2. The van der Waals surface area contributed by atoms with Gasteiger partial charge in [0.1, 0.15) is 5.75 Å². The average Bonchev–Trinajstić information content (AvgIpc) is 2.93. The van der Waals surface area contributed by atoms with Crippen LogP contribution < -0.4 is 4.74 Å². The molecule has 0 amide bonds. The van der Waals surface area contributed by atoms with Gasteiger partial charge in [-0.05, 0) is 87.7 Å². The van der Waals surface area contributed by atoms with Crippen molar-refractivity contribution in [1.29, 1.82) is 0 Å². The molecule has 8 nitrogen and oxygen atoms in total. The molecule has 1 saturated heterocycles. The van der Waals surface area contributed by atoms with E-state index in [9.17, 15) is 9.59 Å². The third-order valence-corrected chi connectivity index (χ3v) is 7.30. The summed E-state index contributed by atoms with van der Waals surface area (Å²) in [5.74, 6) is -1.52. The van der Waals surface area contributed by atoms with Gasteiger partial charge in [0.15, 0.2) is 5.17 Å². The summed E-state index contributed by atoms with van der Waals surface area (Å²) >= 11 is 1.73. The quantitative estimate of drug-likeness (QED) is 0.169. The molecule has 0 unspecified atom stereocenters. The highest BCUT2D eigenvalue weighted by atomic mass is 32.2. The number of hydrogen-bond donors (Lipinski definition) is 2. The smallest absolute Gasteiger partial charge is 0.328 e. The minimum Gasteiger partial charge on any atom is -0.494 e. The number of likely N-dealkylation sites (tertiary alicyclic amines) is 1. The largest absolute Gasteiger partial charge is 0.494 e. The van der Waals surface area contributed by atoms with Crippen LogP contribution in [0.4, 0.5) is 5.69 Å². The lowest BCUT2D eigenvalue weighted by Crippen LogP contribution is -2.45. The molecule has 3 rings (SSSR count). The lowest BCUT2D eigenvalue weighted by molar-refractivity contribution is -0.134. The van der Waals surface area contributed by atoms with Gasteiger partial charge in [0, 0.05) is 38.3 Å². The van der Waals surface area contributed by atoms with Crippen molar-refractivity contribution < 1.29 is 24.5 Å². The number of carboxylic acids is 2. The Hall–Kier alpha value is -3.30. The fraction of sp³-hybridized carbons (Fsp3) is 0.433. The van der Waals surface area contributed by atoms with E-state index in [0.29, 0.717) is 18.2 Å². The zero-order valence-electron chi connectivity index (χ0n) is 23.4. The first-order chi connectivity index (χ1) is 18.7. The summed E-state index contributed by atoms with van der Waals surface area (Å²) in [5, 5.41) is 16.7. The van der Waals surface area contributed by atoms with Crippen molar-refractivity contribution in [2.75, 3.05) is 39.5 Å². The molecule has 212 valence electrons. The predicted octanol–water partition coefficient (Wildman–Crippen LogP) is 5.62. The Morgan fingerprint density at radius 3 is 2.23 bits per heavy atom. The first-order valence-electron chi connectivity index (χ1n) is 13.2. The number of piperidine rings is 1. The first-order valence-corrected chi connectivity index (χ1v) is 14.4. The summed E-state index contributed by atoms with van der Waals surface area (Å²) < 4.78 is 5.93. The highest BCUT2D eigenvalue weighted by Crippen LogP contribution is 2.22. The van der Waals surface area contributed by atoms with E-state index in [1.807, 2.05) is 18.2 Å². The normalized spacial score (nSPS) is 14.5. The van der Waals surface area contributed by atoms with E-state index in [1.165, 1.54) is 50.0 Å². The van der Waals surface area contributed by atoms with Crippen LogP contribution in [0.3, 0.4) is 0 Å². The second kappa shape index (κ2) is 17.3. The van der Waals surface area contributed by atoms with Gasteiger partial charge in [-0.2, -0.15) is 0 Å². The monoisotopic (exact) mass is 555 g/mol. The maximum absolute atomic E-state index is 9.55. The maximum atomic E-state index is 9.55. The number of hydrogen-bond acceptors (Lipinski definition) is 6. The molecule has 0 spiro atoms. The minimum atomic E-state index is -1.26. The van der Waals surface area contributed by atoms with E-state index in [1.54, 1.807) is 11.8 Å². The van der Waals surface area contributed by atoms with Crippen molar-refractivity contribution in [3.8, 4) is 5.75 Å². The SMILES string of the molecule is CS/C(=N\c1ccccc1)N(C)C1CCN(CCCCOc2ccc(C)c(C)c2)CC1.O=C(O)/C=C/C(=O)O. The van der Waals surface area contributed by atoms with E-state index < -0.39 is 11.9 Å². The Kier molecular flexibility index (Phi) is 14.2. The number of aryl methyl sites for hydroxylation is 2. The van der Waals surface area contributed by atoms with Crippen molar-refractivity contribution in [1.82, 2.24) is 9.80 Å². The zero-order chi connectivity index (χ0) is 28.6. The van der Waals surface area contributed by atoms with Gasteiger partial charge in [-0.1, -0.05) is 36.0 Å². The van der Waals surface area contributed by atoms with Crippen LogP contribution in [0, 0.1) is 13.8 Å². The van der Waals surface area contributed by atoms with Crippen LogP contribution in [-0.2, 0) is 9.59 Å². The topological polar surface area (TPSA) is 103 Å². The van der Waals surface area contributed by atoms with Gasteiger partial charge in [-0.25, -0.2) is 14.6 Å². The van der Waals surface area contributed by atoms with Crippen LogP contribution in [-0.4, -0.2) is 82.7 Å². The van der Waals surface area contributed by atoms with Crippen LogP contribution >= 0.6 is 11.8 Å². The number of ether oxygens (including phenoxy) is 1. The van der Waals surface area contributed by atoms with Gasteiger partial charge in [-0.3, -0.25) is 0 Å². The standard InChI is InChI=1S/C26H37N3OS.C4H4O4/c1-21-12-13-25(20-22(21)2)30-19-9-8-16-29-17-14-24(15-18-29)28(3)26(31-4)27-23-10-6-5-7-11-23;5-3(6)1-2-4(7)8/h5-7,10-13,20,24H,8-9,14-19H2,1-4H3;1-2H,(H,5,6)(H,7,8)/b27-26-;2-1+. The Morgan fingerprint density at radius 2 is 1.67 bits per heavy atom. The van der Waals surface area contributed by atoms with Crippen molar-refractivity contribution in [2.24, 2.45) is 4.99 Å². The molecule has 2 aromatic rings. The third kappa shape index (κ3) is 12.4. The molecule has 0 bridgehead atoms. The number of amidine groups is 1. The highest BCUT2D eigenvalue weighted by molar-refractivity contribution is 8.13. The van der Waals surface area contributed by atoms with Gasteiger partial charge in [0.05, 0.1) is 12.3 Å². The fourth-order valence-electron chi connectivity index (χ4n) is 4.14. The molecule has 1 fully saturated rings. The number of carbonyl (C=O) groups is 2. The predicted molar refractivity (Wildman–Crippen MR) is 159 cm³/mol. The number of unbranched alkanes of at least 4 members (excludes halogenated alkanes) is 1. The summed E-state index contributed by atoms with van der Waals surface area (Å²) in [5.41, 5.74) is 3.64. The van der Waals surface area contributed by atoms with Crippen molar-refractivity contribution >= 4 is 34.6 Å². The molecule has 2 N–H and O–H groups in total. The summed E-state index contributed by atoms with van der Waals surface area (Å²) in [6.07, 6.45) is 7.93. The molecule has 0 saturated carbocycles. The zero-order valence-corrected chi connectivity index (χ0v) is 24.2. The number of benzene rings is 2. The van der Waals surface area contributed by atoms with Gasteiger partial charge >= 0.3 is 11.9 Å². The molecule has 1 aliphatic rings. The average molecular weight is 556 g/mol. The number of rotatable bonds is 10. The highest BCUT2D eigenvalue weighted by Gasteiger charge is 2.24. The van der Waals surface area contributed by atoms with Crippen LogP contribution in [0.25, 0.3) is 0 Å². The lowest BCUT2D eigenvalue weighted by atomic mass is 10.0. The number of nitrogens with zero attached hydrogens (tertiary/aromatic N) is 3. The van der Waals surface area contributed by atoms with Gasteiger partial charge in [0.2, 0.25) is 0 Å². The van der Waals surface area contributed by atoms with Gasteiger partial charge < -0.3 is 24.7 Å². The molecule has 0 aliphatic carbocycles. The molecule has 0 radical (unpaired) electrons. The second-order valence-corrected chi connectivity index (χ2v) is 10.2. The first kappa shape index (κ1) is 31.9. The third-order valence-electron chi connectivity index (χ3n) is 6.55. The van der Waals surface area contributed by atoms with Crippen LogP contribution in [0.5, 0.6) is 5.75 Å². The van der Waals surface area contributed by atoms with Crippen LogP contribution in [0.2, 0.25) is 0 Å². The second-order valence-electron chi connectivity index (χ2n) is 9.43. The number of carboxylic acid groups (broad SMARTS) is 2. The van der Waals surface area contributed by atoms with Gasteiger partial charge in [-0.15, -0.1) is 0 Å².